The molecule has 10 heteroatoms. The normalized spacial score (nSPS) is 26.4. The van der Waals surface area contributed by atoms with E-state index in [9.17, 15) is 0 Å². The highest BCUT2D eigenvalue weighted by Gasteiger charge is 2.34. The lowest BCUT2D eigenvalue weighted by Crippen LogP contribution is -2.58. The van der Waals surface area contributed by atoms with Gasteiger partial charge in [0, 0.05) is 73.6 Å². The van der Waals surface area contributed by atoms with Crippen LogP contribution < -0.4 is 19.8 Å². The SMILES string of the molecule is CCC1CN(c2ncc(C3=NCC=CN3)cc2NCl)CCN1C1CCN(Cc2ccc(C#CC3(C)C=S(C)N3)cc2)CC1. The minimum Gasteiger partial charge on any atom is -0.352 e. The number of likely N-dealkylation sites (tertiary alicyclic amines) is 1. The molecule has 43 heavy (non-hydrogen) atoms. The van der Waals surface area contributed by atoms with E-state index in [0.717, 1.165) is 74.2 Å². The second kappa shape index (κ2) is 13.4. The molecular formula is C33H43ClN8S. The number of hydrogen-bond donors (Lipinski definition) is 3. The van der Waals surface area contributed by atoms with Crippen LogP contribution in [0.5, 0.6) is 0 Å². The van der Waals surface area contributed by atoms with Crippen molar-refractivity contribution in [1.82, 2.24) is 24.8 Å². The van der Waals surface area contributed by atoms with Gasteiger partial charge in [-0.05, 0) is 80.7 Å². The van der Waals surface area contributed by atoms with Crippen molar-refractivity contribution in [3.8, 4) is 11.8 Å². The maximum absolute atomic E-state index is 6.19. The van der Waals surface area contributed by atoms with Gasteiger partial charge in [0.1, 0.15) is 11.4 Å². The van der Waals surface area contributed by atoms with Crippen LogP contribution in [0.4, 0.5) is 11.5 Å². The topological polar surface area (TPSA) is 71.1 Å². The Kier molecular flexibility index (Phi) is 9.41. The number of pyridine rings is 1. The van der Waals surface area contributed by atoms with Gasteiger partial charge in [-0.2, -0.15) is 0 Å². The van der Waals surface area contributed by atoms with Gasteiger partial charge in [-0.25, -0.2) is 9.71 Å². The molecule has 228 valence electrons. The van der Waals surface area contributed by atoms with Crippen molar-refractivity contribution in [2.45, 2.75) is 57.3 Å². The Labute approximate surface area is 264 Å². The summed E-state index contributed by atoms with van der Waals surface area (Å²) in [5.74, 6) is 8.45. The number of aromatic nitrogens is 1. The van der Waals surface area contributed by atoms with Crippen LogP contribution in [-0.2, 0) is 6.54 Å². The van der Waals surface area contributed by atoms with Gasteiger partial charge in [-0.1, -0.05) is 30.9 Å². The lowest BCUT2D eigenvalue weighted by Gasteiger charge is -2.48. The minimum absolute atomic E-state index is 0.141. The zero-order valence-electron chi connectivity index (χ0n) is 25.4. The molecule has 5 heterocycles. The number of nitrogens with one attached hydrogen (secondary N) is 3. The van der Waals surface area contributed by atoms with Gasteiger partial charge in [0.2, 0.25) is 0 Å². The molecule has 0 saturated carbocycles. The molecule has 2 fully saturated rings. The zero-order valence-corrected chi connectivity index (χ0v) is 27.0. The Balaban J connectivity index is 1.01. The van der Waals surface area contributed by atoms with Crippen molar-refractivity contribution >= 4 is 45.2 Å². The van der Waals surface area contributed by atoms with E-state index in [4.69, 9.17) is 16.8 Å². The number of aliphatic imine (C=N–C) groups is 1. The third-order valence-corrected chi connectivity index (χ3v) is 10.6. The van der Waals surface area contributed by atoms with Crippen LogP contribution in [-0.4, -0.2) is 89.1 Å². The van der Waals surface area contributed by atoms with Crippen LogP contribution in [0.15, 0.2) is 53.8 Å². The monoisotopic (exact) mass is 618 g/mol. The number of piperidine rings is 1. The van der Waals surface area contributed by atoms with E-state index < -0.39 is 0 Å². The van der Waals surface area contributed by atoms with E-state index in [0.29, 0.717) is 18.6 Å². The minimum atomic E-state index is -0.141. The van der Waals surface area contributed by atoms with Crippen molar-refractivity contribution in [2.75, 3.05) is 55.3 Å². The number of piperazine rings is 1. The molecule has 2 saturated heterocycles. The second-order valence-electron chi connectivity index (χ2n) is 12.1. The molecule has 2 aromatic rings. The maximum Gasteiger partial charge on any atom is 0.153 e. The van der Waals surface area contributed by atoms with Crippen molar-refractivity contribution in [3.05, 3.63) is 65.5 Å². The molecule has 3 unspecified atom stereocenters. The van der Waals surface area contributed by atoms with Crippen LogP contribution in [0, 0.1) is 11.8 Å². The number of hydrogen-bond acceptors (Lipinski definition) is 8. The lowest BCUT2D eigenvalue weighted by atomic mass is 9.97. The fourth-order valence-corrected chi connectivity index (χ4v) is 8.29. The number of benzene rings is 1. The van der Waals surface area contributed by atoms with Crippen molar-refractivity contribution in [3.63, 3.8) is 0 Å². The molecule has 4 aliphatic rings. The summed E-state index contributed by atoms with van der Waals surface area (Å²) in [6.07, 6.45) is 11.5. The summed E-state index contributed by atoms with van der Waals surface area (Å²) in [7, 11) is 0.199. The highest BCUT2D eigenvalue weighted by atomic mass is 35.5. The number of rotatable bonds is 7. The van der Waals surface area contributed by atoms with Gasteiger partial charge in [0.25, 0.3) is 0 Å². The van der Waals surface area contributed by atoms with E-state index in [-0.39, 0.29) is 16.2 Å². The van der Waals surface area contributed by atoms with E-state index in [2.05, 4.69) is 96.1 Å². The van der Waals surface area contributed by atoms with Crippen molar-refractivity contribution in [2.24, 2.45) is 4.99 Å². The molecule has 1 aromatic heterocycles. The summed E-state index contributed by atoms with van der Waals surface area (Å²) in [6.45, 7) is 11.3. The first-order valence-electron chi connectivity index (χ1n) is 15.4. The fraction of sp³-hybridized carbons (Fsp3) is 0.485. The molecule has 0 aliphatic carbocycles. The Hall–Kier alpha value is -2.87. The van der Waals surface area contributed by atoms with Gasteiger partial charge in [0.15, 0.2) is 5.82 Å². The summed E-state index contributed by atoms with van der Waals surface area (Å²) >= 11 is 6.19. The number of halogens is 1. The first-order chi connectivity index (χ1) is 20.9. The number of anilines is 2. The van der Waals surface area contributed by atoms with Crippen LogP contribution in [0.2, 0.25) is 0 Å². The van der Waals surface area contributed by atoms with Crippen molar-refractivity contribution < 1.29 is 0 Å². The predicted octanol–water partition coefficient (Wildman–Crippen LogP) is 4.41. The van der Waals surface area contributed by atoms with Crippen LogP contribution in [0.3, 0.4) is 0 Å². The third-order valence-electron chi connectivity index (χ3n) is 8.87. The quantitative estimate of drug-likeness (QED) is 0.241. The molecule has 8 nitrogen and oxygen atoms in total. The van der Waals surface area contributed by atoms with Gasteiger partial charge in [-0.15, -0.1) is 10.7 Å². The van der Waals surface area contributed by atoms with Crippen molar-refractivity contribution in [1.29, 1.82) is 0 Å². The average molecular weight is 619 g/mol. The summed E-state index contributed by atoms with van der Waals surface area (Å²) in [4.78, 5) is 20.0. The molecule has 0 bridgehead atoms. The summed E-state index contributed by atoms with van der Waals surface area (Å²) in [5, 5.41) is 5.49. The third kappa shape index (κ3) is 7.11. The maximum atomic E-state index is 6.19. The van der Waals surface area contributed by atoms with Gasteiger partial charge < -0.3 is 10.2 Å². The first kappa shape index (κ1) is 30.2. The number of nitrogens with zero attached hydrogens (tertiary/aromatic N) is 5. The molecular weight excluding hydrogens is 576 g/mol. The van der Waals surface area contributed by atoms with Gasteiger partial charge in [-0.3, -0.25) is 19.6 Å². The Morgan fingerprint density at radius 3 is 2.63 bits per heavy atom. The van der Waals surface area contributed by atoms with Gasteiger partial charge >= 0.3 is 0 Å². The Bertz CT molecular complexity index is 1450. The molecule has 6 rings (SSSR count). The second-order valence-corrected chi connectivity index (χ2v) is 13.8. The molecule has 0 radical (unpaired) electrons. The average Bonchev–Trinajstić information content (AvgIpc) is 3.04. The summed E-state index contributed by atoms with van der Waals surface area (Å²) in [5.41, 5.74) is 4.07. The van der Waals surface area contributed by atoms with E-state index in [1.54, 1.807) is 0 Å². The molecule has 4 aliphatic heterocycles. The van der Waals surface area contributed by atoms with Crippen LogP contribution in [0.25, 0.3) is 0 Å². The molecule has 0 amide bonds. The molecule has 0 spiro atoms. The highest BCUT2D eigenvalue weighted by molar-refractivity contribution is 8.14. The molecule has 3 atom stereocenters. The fourth-order valence-electron chi connectivity index (χ4n) is 6.67. The zero-order chi connectivity index (χ0) is 29.8. The van der Waals surface area contributed by atoms with E-state index >= 15 is 0 Å². The van der Waals surface area contributed by atoms with E-state index in [1.807, 2.05) is 24.5 Å². The lowest BCUT2D eigenvalue weighted by molar-refractivity contribution is 0.0611. The first-order valence-corrected chi connectivity index (χ1v) is 17.5. The summed E-state index contributed by atoms with van der Waals surface area (Å²) in [6, 6.07) is 12.0. The van der Waals surface area contributed by atoms with E-state index in [1.165, 1.54) is 18.4 Å². The van der Waals surface area contributed by atoms with Crippen LogP contribution >= 0.6 is 22.4 Å². The highest BCUT2D eigenvalue weighted by Crippen LogP contribution is 2.31. The van der Waals surface area contributed by atoms with Gasteiger partial charge in [0.05, 0.1) is 12.2 Å². The molecule has 3 N–H and O–H groups in total. The van der Waals surface area contributed by atoms with Crippen LogP contribution in [0.1, 0.15) is 49.8 Å². The Morgan fingerprint density at radius 1 is 1.16 bits per heavy atom. The molecule has 1 aromatic carbocycles. The largest absolute Gasteiger partial charge is 0.352 e. The number of amidine groups is 1. The smallest absolute Gasteiger partial charge is 0.153 e. The standard InChI is InChI=1S/C33H43ClN8S/c1-4-28-23-41(32-30(38-34)20-27(21-37-32)31-35-14-5-15-36-31)18-19-42(28)29-11-16-40(17-12-29)22-26-8-6-25(7-9-26)10-13-33(2)24-43(3)39-33/h5-9,14,20-21,24,28-29,38-39H,4,11-12,15-19,22-23H2,1-3H3,(H,35,36). The summed E-state index contributed by atoms with van der Waals surface area (Å²) < 4.78 is 3.48. The predicted molar refractivity (Wildman–Crippen MR) is 183 cm³/mol. The Morgan fingerprint density at radius 2 is 1.95 bits per heavy atom.